The van der Waals surface area contributed by atoms with Crippen molar-refractivity contribution in [3.63, 3.8) is 0 Å². The number of esters is 2. The van der Waals surface area contributed by atoms with Gasteiger partial charge in [0.25, 0.3) is 0 Å². The first-order valence-electron chi connectivity index (χ1n) is 13.5. The molecule has 0 fully saturated rings. The number of hydrogen-bond acceptors (Lipinski definition) is 4. The summed E-state index contributed by atoms with van der Waals surface area (Å²) in [6.45, 7) is 4.29. The molecule has 0 saturated heterocycles. The molecule has 5 heteroatoms. The zero-order valence-electron chi connectivity index (χ0n) is 21.4. The van der Waals surface area contributed by atoms with Crippen LogP contribution < -0.4 is 0 Å². The highest BCUT2D eigenvalue weighted by atomic mass is 16.6. The number of likely N-dealkylation sites (N-methyl/N-ethyl adjacent to an activating group) is 1. The molecular weight excluding hydrogens is 402 g/mol. The highest BCUT2D eigenvalue weighted by molar-refractivity contribution is 5.88. The molecule has 0 N–H and O–H groups in total. The van der Waals surface area contributed by atoms with E-state index in [9.17, 15) is 14.4 Å². The summed E-state index contributed by atoms with van der Waals surface area (Å²) in [5.41, 5.74) is 0. The van der Waals surface area contributed by atoms with Gasteiger partial charge in [-0.05, 0) is 12.8 Å². The zero-order chi connectivity index (χ0) is 23.9. The van der Waals surface area contributed by atoms with Crippen molar-refractivity contribution in [3.05, 3.63) is 0 Å². The van der Waals surface area contributed by atoms with Crippen LogP contribution in [0.15, 0.2) is 0 Å². The van der Waals surface area contributed by atoms with Crippen molar-refractivity contribution >= 4 is 17.8 Å². The van der Waals surface area contributed by atoms with Crippen LogP contribution in [-0.4, -0.2) is 36.3 Å². The number of nitrogens with zero attached hydrogens (tertiary/aromatic N) is 1. The van der Waals surface area contributed by atoms with E-state index in [1.807, 2.05) is 0 Å². The minimum absolute atomic E-state index is 0.0590. The van der Waals surface area contributed by atoms with Crippen molar-refractivity contribution in [3.8, 4) is 0 Å². The summed E-state index contributed by atoms with van der Waals surface area (Å²) in [6.07, 6.45) is 22.1. The van der Waals surface area contributed by atoms with E-state index in [2.05, 4.69) is 13.8 Å². The maximum Gasteiger partial charge on any atom is 0.333 e. The molecular formula is C27H51NO4. The standard InChI is InChI=1S/C27H51NO4/c1-4-6-8-10-12-14-16-18-20-22-25(29)28(3)24-27(31)32-26(30)23-21-19-17-15-13-11-9-7-5-2/h4-24H2,1-3H3. The van der Waals surface area contributed by atoms with Gasteiger partial charge in [-0.3, -0.25) is 9.59 Å². The maximum absolute atomic E-state index is 12.2. The number of rotatable bonds is 22. The fourth-order valence-corrected chi connectivity index (χ4v) is 3.85. The molecule has 0 aromatic carbocycles. The van der Waals surface area contributed by atoms with E-state index in [0.717, 1.165) is 32.1 Å². The van der Waals surface area contributed by atoms with Gasteiger partial charge in [-0.1, -0.05) is 117 Å². The normalized spacial score (nSPS) is 10.8. The first-order chi connectivity index (χ1) is 15.5. The average Bonchev–Trinajstić information content (AvgIpc) is 2.76. The SMILES string of the molecule is CCCCCCCCCCCC(=O)OC(=O)CN(C)C(=O)CCCCCCCCCCC. The van der Waals surface area contributed by atoms with Gasteiger partial charge in [0.1, 0.15) is 6.54 Å². The Labute approximate surface area is 198 Å². The molecule has 0 aliphatic heterocycles. The lowest BCUT2D eigenvalue weighted by Gasteiger charge is -2.15. The Bertz CT molecular complexity index is 478. The Balaban J connectivity index is 3.65. The van der Waals surface area contributed by atoms with Crippen molar-refractivity contribution < 1.29 is 19.1 Å². The lowest BCUT2D eigenvalue weighted by Crippen LogP contribution is -2.33. The fraction of sp³-hybridized carbons (Fsp3) is 0.889. The van der Waals surface area contributed by atoms with Gasteiger partial charge in [-0.25, -0.2) is 4.79 Å². The number of carbonyl (C=O) groups excluding carboxylic acids is 3. The molecule has 0 aliphatic carbocycles. The van der Waals surface area contributed by atoms with Gasteiger partial charge in [0.2, 0.25) is 5.91 Å². The second-order valence-electron chi connectivity index (χ2n) is 9.25. The van der Waals surface area contributed by atoms with Crippen LogP contribution in [0.3, 0.4) is 0 Å². The third-order valence-corrected chi connectivity index (χ3v) is 6.00. The molecule has 0 bridgehead atoms. The van der Waals surface area contributed by atoms with E-state index in [0.29, 0.717) is 6.42 Å². The monoisotopic (exact) mass is 453 g/mol. The quantitative estimate of drug-likeness (QED) is 0.0976. The van der Waals surface area contributed by atoms with E-state index < -0.39 is 11.9 Å². The van der Waals surface area contributed by atoms with Gasteiger partial charge in [0.15, 0.2) is 0 Å². The van der Waals surface area contributed by atoms with E-state index >= 15 is 0 Å². The van der Waals surface area contributed by atoms with Crippen molar-refractivity contribution in [2.75, 3.05) is 13.6 Å². The Morgan fingerprint density at radius 2 is 0.906 bits per heavy atom. The van der Waals surface area contributed by atoms with Crippen molar-refractivity contribution in [1.29, 1.82) is 0 Å². The smallest absolute Gasteiger partial charge is 0.333 e. The maximum atomic E-state index is 12.2. The van der Waals surface area contributed by atoms with Gasteiger partial charge in [-0.15, -0.1) is 0 Å². The first-order valence-corrected chi connectivity index (χ1v) is 13.5. The molecule has 0 unspecified atom stereocenters. The van der Waals surface area contributed by atoms with E-state index in [1.54, 1.807) is 7.05 Å². The van der Waals surface area contributed by atoms with Crippen LogP contribution in [0.4, 0.5) is 0 Å². The molecule has 0 heterocycles. The number of unbranched alkanes of at least 4 members (excludes halogenated alkanes) is 16. The van der Waals surface area contributed by atoms with Gasteiger partial charge in [-0.2, -0.15) is 0 Å². The fourth-order valence-electron chi connectivity index (χ4n) is 3.85. The second kappa shape index (κ2) is 22.8. The molecule has 0 spiro atoms. The number of carbonyl (C=O) groups is 3. The van der Waals surface area contributed by atoms with E-state index in [4.69, 9.17) is 4.74 Å². The summed E-state index contributed by atoms with van der Waals surface area (Å²) in [5.74, 6) is -1.16. The second-order valence-corrected chi connectivity index (χ2v) is 9.25. The molecule has 0 aliphatic rings. The molecule has 188 valence electrons. The summed E-state index contributed by atoms with van der Waals surface area (Å²) in [7, 11) is 1.60. The van der Waals surface area contributed by atoms with Crippen LogP contribution in [-0.2, 0) is 19.1 Å². The van der Waals surface area contributed by atoms with Crippen LogP contribution >= 0.6 is 0 Å². The van der Waals surface area contributed by atoms with Crippen LogP contribution in [0, 0.1) is 0 Å². The van der Waals surface area contributed by atoms with E-state index in [1.165, 1.54) is 88.4 Å². The van der Waals surface area contributed by atoms with Crippen LogP contribution in [0.1, 0.15) is 142 Å². The van der Waals surface area contributed by atoms with Crippen molar-refractivity contribution in [2.24, 2.45) is 0 Å². The summed E-state index contributed by atoms with van der Waals surface area (Å²) < 4.78 is 4.87. The van der Waals surface area contributed by atoms with Crippen LogP contribution in [0.2, 0.25) is 0 Å². The summed E-state index contributed by atoms with van der Waals surface area (Å²) in [5, 5.41) is 0. The highest BCUT2D eigenvalue weighted by Crippen LogP contribution is 2.12. The zero-order valence-corrected chi connectivity index (χ0v) is 21.4. The lowest BCUT2D eigenvalue weighted by atomic mass is 10.1. The Kier molecular flexibility index (Phi) is 21.8. The number of hydrogen-bond donors (Lipinski definition) is 0. The Morgan fingerprint density at radius 3 is 1.34 bits per heavy atom. The highest BCUT2D eigenvalue weighted by Gasteiger charge is 2.16. The van der Waals surface area contributed by atoms with Gasteiger partial charge >= 0.3 is 11.9 Å². The number of amides is 1. The molecule has 0 rings (SSSR count). The number of ether oxygens (including phenoxy) is 1. The minimum Gasteiger partial charge on any atom is -0.392 e. The van der Waals surface area contributed by atoms with Gasteiger partial charge in [0.05, 0.1) is 0 Å². The molecule has 1 amide bonds. The minimum atomic E-state index is -0.631. The third-order valence-electron chi connectivity index (χ3n) is 6.00. The first kappa shape index (κ1) is 30.6. The largest absolute Gasteiger partial charge is 0.392 e. The molecule has 0 atom stereocenters. The summed E-state index contributed by atoms with van der Waals surface area (Å²) in [4.78, 5) is 37.3. The summed E-state index contributed by atoms with van der Waals surface area (Å²) >= 11 is 0. The molecule has 0 radical (unpaired) electrons. The van der Waals surface area contributed by atoms with Gasteiger partial charge in [0, 0.05) is 19.9 Å². The van der Waals surface area contributed by atoms with E-state index in [-0.39, 0.29) is 18.9 Å². The van der Waals surface area contributed by atoms with Crippen molar-refractivity contribution in [1.82, 2.24) is 4.90 Å². The molecule has 0 saturated carbocycles. The topological polar surface area (TPSA) is 63.7 Å². The lowest BCUT2D eigenvalue weighted by molar-refractivity contribution is -0.161. The average molecular weight is 454 g/mol. The Morgan fingerprint density at radius 1 is 0.531 bits per heavy atom. The summed E-state index contributed by atoms with van der Waals surface area (Å²) in [6, 6.07) is 0. The third kappa shape index (κ3) is 20.5. The van der Waals surface area contributed by atoms with Crippen molar-refractivity contribution in [2.45, 2.75) is 142 Å². The Hall–Kier alpha value is -1.39. The molecule has 0 aromatic rings. The predicted molar refractivity (Wildman–Crippen MR) is 132 cm³/mol. The molecule has 5 nitrogen and oxygen atoms in total. The molecule has 32 heavy (non-hydrogen) atoms. The predicted octanol–water partition coefficient (Wildman–Crippen LogP) is 7.36. The molecule has 0 aromatic heterocycles. The van der Waals surface area contributed by atoms with Crippen LogP contribution in [0.5, 0.6) is 0 Å². The van der Waals surface area contributed by atoms with Crippen LogP contribution in [0.25, 0.3) is 0 Å². The van der Waals surface area contributed by atoms with Gasteiger partial charge < -0.3 is 9.64 Å².